The molecular formula is C10H14N4O4S. The number of hydrogen-bond acceptors (Lipinski definition) is 6. The Balaban J connectivity index is 2.03. The minimum atomic E-state index is -1.08. The number of anilines is 1. The second-order valence-electron chi connectivity index (χ2n) is 3.91. The molecule has 0 saturated carbocycles. The fourth-order valence-electron chi connectivity index (χ4n) is 1.66. The Labute approximate surface area is 113 Å². The van der Waals surface area contributed by atoms with Crippen LogP contribution in [0, 0.1) is 0 Å². The van der Waals surface area contributed by atoms with Crippen LogP contribution in [0.5, 0.6) is 0 Å². The molecule has 1 unspecified atom stereocenters. The van der Waals surface area contributed by atoms with Gasteiger partial charge in [0.2, 0.25) is 5.13 Å². The summed E-state index contributed by atoms with van der Waals surface area (Å²) in [6.07, 6.45) is 0.739. The highest BCUT2D eigenvalue weighted by Gasteiger charge is 2.33. The number of nitrogens with zero attached hydrogens (tertiary/aromatic N) is 3. The summed E-state index contributed by atoms with van der Waals surface area (Å²) in [5.74, 6) is -1.08. The van der Waals surface area contributed by atoms with Crippen molar-refractivity contribution in [2.45, 2.75) is 19.4 Å². The number of rotatable bonds is 3. The summed E-state index contributed by atoms with van der Waals surface area (Å²) in [4.78, 5) is 24.3. The molecule has 104 valence electrons. The van der Waals surface area contributed by atoms with Gasteiger partial charge in [0.05, 0.1) is 13.2 Å². The summed E-state index contributed by atoms with van der Waals surface area (Å²) >= 11 is 1.28. The van der Waals surface area contributed by atoms with Crippen LogP contribution in [0.25, 0.3) is 0 Å². The van der Waals surface area contributed by atoms with Crippen LogP contribution in [0.4, 0.5) is 9.93 Å². The number of nitrogens with one attached hydrogen (secondary N) is 1. The van der Waals surface area contributed by atoms with E-state index < -0.39 is 18.0 Å². The van der Waals surface area contributed by atoms with E-state index >= 15 is 0 Å². The number of aliphatic carboxylic acids is 1. The smallest absolute Gasteiger partial charge is 0.328 e. The molecule has 2 N–H and O–H groups in total. The lowest BCUT2D eigenvalue weighted by Gasteiger charge is -2.32. The van der Waals surface area contributed by atoms with E-state index in [1.165, 1.54) is 16.2 Å². The van der Waals surface area contributed by atoms with Gasteiger partial charge in [0.1, 0.15) is 5.01 Å². The molecule has 1 aromatic heterocycles. The number of aromatic nitrogens is 2. The normalized spacial score (nSPS) is 19.2. The standard InChI is InChI=1S/C10H14N4O4S/c1-2-7-12-13-9(19-7)11-10(17)14-3-4-18-5-6(14)8(15)16/h6H,2-5H2,1H3,(H,15,16)(H,11,13,17). The van der Waals surface area contributed by atoms with E-state index in [0.29, 0.717) is 11.7 Å². The zero-order valence-corrected chi connectivity index (χ0v) is 11.1. The number of amides is 2. The van der Waals surface area contributed by atoms with Gasteiger partial charge in [0.25, 0.3) is 0 Å². The summed E-state index contributed by atoms with van der Waals surface area (Å²) in [5.41, 5.74) is 0. The number of hydrogen-bond donors (Lipinski definition) is 2. The first-order chi connectivity index (χ1) is 9.11. The average molecular weight is 286 g/mol. The first-order valence-electron chi connectivity index (χ1n) is 5.82. The summed E-state index contributed by atoms with van der Waals surface area (Å²) in [6, 6.07) is -1.46. The Hall–Kier alpha value is -1.74. The van der Waals surface area contributed by atoms with E-state index in [9.17, 15) is 9.59 Å². The molecule has 1 aliphatic heterocycles. The molecule has 1 saturated heterocycles. The topological polar surface area (TPSA) is 105 Å². The summed E-state index contributed by atoms with van der Waals surface area (Å²) in [5, 5.41) is 20.5. The van der Waals surface area contributed by atoms with Crippen LogP contribution in [0.15, 0.2) is 0 Å². The number of morpholine rings is 1. The van der Waals surface area contributed by atoms with Gasteiger partial charge in [-0.05, 0) is 6.42 Å². The van der Waals surface area contributed by atoms with Gasteiger partial charge in [-0.2, -0.15) is 0 Å². The van der Waals surface area contributed by atoms with Crippen molar-refractivity contribution in [3.05, 3.63) is 5.01 Å². The van der Waals surface area contributed by atoms with E-state index in [0.717, 1.165) is 11.4 Å². The molecule has 2 rings (SSSR count). The van der Waals surface area contributed by atoms with Crippen LogP contribution in [0.2, 0.25) is 0 Å². The third-order valence-electron chi connectivity index (χ3n) is 2.66. The maximum atomic E-state index is 12.0. The van der Waals surface area contributed by atoms with Crippen molar-refractivity contribution in [3.63, 3.8) is 0 Å². The molecule has 0 spiro atoms. The highest BCUT2D eigenvalue weighted by atomic mass is 32.1. The van der Waals surface area contributed by atoms with E-state index in [2.05, 4.69) is 15.5 Å². The van der Waals surface area contributed by atoms with Crippen LogP contribution in [-0.2, 0) is 16.0 Å². The molecule has 19 heavy (non-hydrogen) atoms. The second kappa shape index (κ2) is 5.93. The number of carboxylic acids is 1. The number of carbonyl (C=O) groups excluding carboxylic acids is 1. The maximum absolute atomic E-state index is 12.0. The monoisotopic (exact) mass is 286 g/mol. The van der Waals surface area contributed by atoms with Gasteiger partial charge in [0.15, 0.2) is 6.04 Å². The maximum Gasteiger partial charge on any atom is 0.328 e. The van der Waals surface area contributed by atoms with E-state index in [1.54, 1.807) is 0 Å². The van der Waals surface area contributed by atoms with E-state index in [-0.39, 0.29) is 13.2 Å². The molecule has 1 fully saturated rings. The third-order valence-corrected chi connectivity index (χ3v) is 3.64. The quantitative estimate of drug-likeness (QED) is 0.834. The Bertz CT molecular complexity index is 478. The predicted octanol–water partition coefficient (Wildman–Crippen LogP) is 0.418. The largest absolute Gasteiger partial charge is 0.480 e. The molecule has 0 aromatic carbocycles. The molecule has 2 heterocycles. The van der Waals surface area contributed by atoms with Gasteiger partial charge >= 0.3 is 12.0 Å². The molecule has 1 aliphatic rings. The summed E-state index contributed by atoms with van der Waals surface area (Å²) in [6.45, 7) is 2.50. The van der Waals surface area contributed by atoms with E-state index in [4.69, 9.17) is 9.84 Å². The van der Waals surface area contributed by atoms with Crippen LogP contribution < -0.4 is 5.32 Å². The van der Waals surface area contributed by atoms with Crippen molar-refractivity contribution in [1.82, 2.24) is 15.1 Å². The zero-order valence-electron chi connectivity index (χ0n) is 10.3. The lowest BCUT2D eigenvalue weighted by atomic mass is 10.2. The molecular weight excluding hydrogens is 272 g/mol. The lowest BCUT2D eigenvalue weighted by Crippen LogP contribution is -2.53. The van der Waals surface area contributed by atoms with Gasteiger partial charge < -0.3 is 14.7 Å². The van der Waals surface area contributed by atoms with Gasteiger partial charge in [-0.25, -0.2) is 9.59 Å². The number of carbonyl (C=O) groups is 2. The Kier molecular flexibility index (Phi) is 4.27. The number of urea groups is 1. The molecule has 1 atom stereocenters. The Morgan fingerprint density at radius 3 is 3.00 bits per heavy atom. The Morgan fingerprint density at radius 1 is 1.58 bits per heavy atom. The molecule has 1 aromatic rings. The predicted molar refractivity (Wildman–Crippen MR) is 67.3 cm³/mol. The van der Waals surface area contributed by atoms with Gasteiger partial charge in [0, 0.05) is 6.54 Å². The van der Waals surface area contributed by atoms with Crippen molar-refractivity contribution in [3.8, 4) is 0 Å². The van der Waals surface area contributed by atoms with Crippen molar-refractivity contribution < 1.29 is 19.4 Å². The SMILES string of the molecule is CCc1nnc(NC(=O)N2CCOCC2C(=O)O)s1. The lowest BCUT2D eigenvalue weighted by molar-refractivity contribution is -0.147. The van der Waals surface area contributed by atoms with Gasteiger partial charge in [-0.1, -0.05) is 18.3 Å². The summed E-state index contributed by atoms with van der Waals surface area (Å²) < 4.78 is 5.07. The molecule has 9 heteroatoms. The van der Waals surface area contributed by atoms with Crippen molar-refractivity contribution in [2.24, 2.45) is 0 Å². The second-order valence-corrected chi connectivity index (χ2v) is 4.97. The first-order valence-corrected chi connectivity index (χ1v) is 6.64. The summed E-state index contributed by atoms with van der Waals surface area (Å²) in [7, 11) is 0. The van der Waals surface area contributed by atoms with E-state index in [1.807, 2.05) is 6.92 Å². The zero-order chi connectivity index (χ0) is 13.8. The minimum absolute atomic E-state index is 0.000910. The van der Waals surface area contributed by atoms with Gasteiger partial charge in [-0.15, -0.1) is 10.2 Å². The number of carboxylic acid groups (broad SMARTS) is 1. The van der Waals surface area contributed by atoms with Crippen LogP contribution in [-0.4, -0.2) is 58.0 Å². The molecule has 0 radical (unpaired) electrons. The van der Waals surface area contributed by atoms with Crippen LogP contribution >= 0.6 is 11.3 Å². The average Bonchev–Trinajstić information content (AvgIpc) is 2.86. The van der Waals surface area contributed by atoms with Crippen molar-refractivity contribution in [2.75, 3.05) is 25.1 Å². The fourth-order valence-corrected chi connectivity index (χ4v) is 2.33. The van der Waals surface area contributed by atoms with Gasteiger partial charge in [-0.3, -0.25) is 5.32 Å². The number of ether oxygens (including phenoxy) is 1. The Morgan fingerprint density at radius 2 is 2.37 bits per heavy atom. The molecule has 0 aliphatic carbocycles. The fraction of sp³-hybridized carbons (Fsp3) is 0.600. The molecule has 8 nitrogen and oxygen atoms in total. The molecule has 0 bridgehead atoms. The van der Waals surface area contributed by atoms with Crippen LogP contribution in [0.1, 0.15) is 11.9 Å². The first kappa shape index (κ1) is 13.7. The van der Waals surface area contributed by atoms with Crippen molar-refractivity contribution >= 4 is 28.5 Å². The minimum Gasteiger partial charge on any atom is -0.480 e. The number of aryl methyl sites for hydroxylation is 1. The third kappa shape index (κ3) is 3.18. The van der Waals surface area contributed by atoms with Crippen molar-refractivity contribution in [1.29, 1.82) is 0 Å². The van der Waals surface area contributed by atoms with Crippen LogP contribution in [0.3, 0.4) is 0 Å². The molecule has 2 amide bonds. The highest BCUT2D eigenvalue weighted by molar-refractivity contribution is 7.15. The highest BCUT2D eigenvalue weighted by Crippen LogP contribution is 2.17.